The lowest BCUT2D eigenvalue weighted by Gasteiger charge is -2.15. The van der Waals surface area contributed by atoms with Crippen LogP contribution in [0.3, 0.4) is 0 Å². The van der Waals surface area contributed by atoms with Crippen molar-refractivity contribution >= 4 is 5.91 Å². The summed E-state index contributed by atoms with van der Waals surface area (Å²) >= 11 is 0. The Kier molecular flexibility index (Phi) is 4.78. The van der Waals surface area contributed by atoms with Crippen molar-refractivity contribution in [3.63, 3.8) is 0 Å². The van der Waals surface area contributed by atoms with Gasteiger partial charge in [-0.3, -0.25) is 4.79 Å². The number of carbonyl (C=O) groups excluding carboxylic acids is 1. The highest BCUT2D eigenvalue weighted by molar-refractivity contribution is 5.79. The molecule has 0 spiro atoms. The summed E-state index contributed by atoms with van der Waals surface area (Å²) in [6.45, 7) is 2.21. The van der Waals surface area contributed by atoms with Gasteiger partial charge in [0, 0.05) is 12.6 Å². The molecule has 94 valence electrons. The van der Waals surface area contributed by atoms with Crippen molar-refractivity contribution in [1.82, 2.24) is 0 Å². The Bertz CT molecular complexity index is 371. The predicted molar refractivity (Wildman–Crippen MR) is 64.8 cm³/mol. The number of hydrogen-bond donors (Lipinski definition) is 2. The Morgan fingerprint density at radius 1 is 1.35 bits per heavy atom. The first kappa shape index (κ1) is 13.3. The third kappa shape index (κ3) is 3.64. The molecule has 0 bridgehead atoms. The molecule has 1 aromatic rings. The van der Waals surface area contributed by atoms with Gasteiger partial charge in [0.15, 0.2) is 6.10 Å². The van der Waals surface area contributed by atoms with Gasteiger partial charge >= 0.3 is 0 Å². The number of nitrogens with two attached hydrogens (primary N) is 2. The van der Waals surface area contributed by atoms with Crippen LogP contribution in [0.5, 0.6) is 11.5 Å². The van der Waals surface area contributed by atoms with Crippen LogP contribution in [0.4, 0.5) is 0 Å². The molecule has 1 rings (SSSR count). The minimum atomic E-state index is -0.632. The molecule has 17 heavy (non-hydrogen) atoms. The Balaban J connectivity index is 2.92. The molecule has 0 heterocycles. The van der Waals surface area contributed by atoms with Crippen LogP contribution in [-0.2, 0) is 11.3 Å². The zero-order chi connectivity index (χ0) is 12.8. The van der Waals surface area contributed by atoms with Gasteiger partial charge in [-0.2, -0.15) is 0 Å². The van der Waals surface area contributed by atoms with Crippen LogP contribution in [0.15, 0.2) is 18.2 Å². The minimum absolute atomic E-state index is 0.376. The highest BCUT2D eigenvalue weighted by atomic mass is 16.5. The third-order valence-electron chi connectivity index (χ3n) is 2.38. The first-order valence-corrected chi connectivity index (χ1v) is 5.44. The number of benzene rings is 1. The van der Waals surface area contributed by atoms with Crippen LogP contribution in [-0.4, -0.2) is 19.1 Å². The molecule has 1 atom stereocenters. The van der Waals surface area contributed by atoms with Crippen molar-refractivity contribution in [2.75, 3.05) is 7.11 Å². The Labute approximate surface area is 101 Å². The summed E-state index contributed by atoms with van der Waals surface area (Å²) in [5.74, 6) is 0.697. The fraction of sp³-hybridized carbons (Fsp3) is 0.417. The lowest BCUT2D eigenvalue weighted by molar-refractivity contribution is -0.124. The van der Waals surface area contributed by atoms with E-state index in [1.165, 1.54) is 0 Å². The van der Waals surface area contributed by atoms with Crippen LogP contribution >= 0.6 is 0 Å². The quantitative estimate of drug-likeness (QED) is 0.767. The number of ether oxygens (including phenoxy) is 2. The Morgan fingerprint density at radius 3 is 2.47 bits per heavy atom. The van der Waals surface area contributed by atoms with Gasteiger partial charge in [0.25, 0.3) is 5.91 Å². The van der Waals surface area contributed by atoms with Gasteiger partial charge in [0.05, 0.1) is 7.11 Å². The molecule has 5 nitrogen and oxygen atoms in total. The van der Waals surface area contributed by atoms with Crippen molar-refractivity contribution < 1.29 is 14.3 Å². The third-order valence-corrected chi connectivity index (χ3v) is 2.38. The summed E-state index contributed by atoms with van der Waals surface area (Å²) in [5.41, 5.74) is 11.7. The first-order chi connectivity index (χ1) is 8.10. The van der Waals surface area contributed by atoms with Crippen LogP contribution in [0.2, 0.25) is 0 Å². The second-order valence-electron chi connectivity index (χ2n) is 3.64. The molecule has 0 fully saturated rings. The van der Waals surface area contributed by atoms with E-state index in [1.807, 2.05) is 13.0 Å². The van der Waals surface area contributed by atoms with Gasteiger partial charge in [0.1, 0.15) is 11.5 Å². The van der Waals surface area contributed by atoms with E-state index < -0.39 is 12.0 Å². The van der Waals surface area contributed by atoms with E-state index in [0.29, 0.717) is 24.5 Å². The maximum Gasteiger partial charge on any atom is 0.258 e. The highest BCUT2D eigenvalue weighted by Gasteiger charge is 2.15. The second kappa shape index (κ2) is 6.10. The summed E-state index contributed by atoms with van der Waals surface area (Å²) in [7, 11) is 1.56. The summed E-state index contributed by atoms with van der Waals surface area (Å²) in [6, 6.07) is 5.29. The summed E-state index contributed by atoms with van der Waals surface area (Å²) < 4.78 is 10.6. The van der Waals surface area contributed by atoms with Crippen LogP contribution in [0.1, 0.15) is 18.9 Å². The molecule has 1 amide bonds. The molecule has 0 aliphatic carbocycles. The molecular formula is C12H18N2O3. The molecule has 4 N–H and O–H groups in total. The SMILES string of the molecule is CCC(Oc1cc(CN)cc(OC)c1)C(N)=O. The number of methoxy groups -OCH3 is 1. The monoisotopic (exact) mass is 238 g/mol. The lowest BCUT2D eigenvalue weighted by atomic mass is 10.2. The molecule has 0 saturated carbocycles. The fourth-order valence-corrected chi connectivity index (χ4v) is 1.44. The van der Waals surface area contributed by atoms with E-state index >= 15 is 0 Å². The largest absolute Gasteiger partial charge is 0.497 e. The van der Waals surface area contributed by atoms with E-state index in [-0.39, 0.29) is 0 Å². The summed E-state index contributed by atoms with van der Waals surface area (Å²) in [6.07, 6.45) is -0.113. The number of carbonyl (C=O) groups is 1. The predicted octanol–water partition coefficient (Wildman–Crippen LogP) is 0.797. The zero-order valence-corrected chi connectivity index (χ0v) is 10.1. The van der Waals surface area contributed by atoms with E-state index in [9.17, 15) is 4.79 Å². The molecule has 0 aliphatic rings. The maximum atomic E-state index is 11.1. The Morgan fingerprint density at radius 2 is 2.00 bits per heavy atom. The first-order valence-electron chi connectivity index (χ1n) is 5.44. The van der Waals surface area contributed by atoms with Gasteiger partial charge in [-0.25, -0.2) is 0 Å². The van der Waals surface area contributed by atoms with E-state index in [4.69, 9.17) is 20.9 Å². The van der Waals surface area contributed by atoms with Gasteiger partial charge in [-0.1, -0.05) is 6.92 Å². The van der Waals surface area contributed by atoms with E-state index in [1.54, 1.807) is 19.2 Å². The zero-order valence-electron chi connectivity index (χ0n) is 10.1. The second-order valence-corrected chi connectivity index (χ2v) is 3.64. The van der Waals surface area contributed by atoms with Crippen LogP contribution < -0.4 is 20.9 Å². The normalized spacial score (nSPS) is 11.9. The van der Waals surface area contributed by atoms with Gasteiger partial charge in [-0.05, 0) is 24.1 Å². The number of rotatable bonds is 6. The molecule has 1 unspecified atom stereocenters. The Hall–Kier alpha value is -1.75. The molecular weight excluding hydrogens is 220 g/mol. The fourth-order valence-electron chi connectivity index (χ4n) is 1.44. The smallest absolute Gasteiger partial charge is 0.258 e. The topological polar surface area (TPSA) is 87.6 Å². The van der Waals surface area contributed by atoms with Crippen molar-refractivity contribution in [3.05, 3.63) is 23.8 Å². The van der Waals surface area contributed by atoms with E-state index in [2.05, 4.69) is 0 Å². The van der Waals surface area contributed by atoms with E-state index in [0.717, 1.165) is 5.56 Å². The van der Waals surface area contributed by atoms with Gasteiger partial charge in [0.2, 0.25) is 0 Å². The number of amides is 1. The van der Waals surface area contributed by atoms with Crippen molar-refractivity contribution in [3.8, 4) is 11.5 Å². The molecule has 0 aliphatic heterocycles. The molecule has 5 heteroatoms. The van der Waals surface area contributed by atoms with Crippen LogP contribution in [0.25, 0.3) is 0 Å². The van der Waals surface area contributed by atoms with Crippen molar-refractivity contribution in [2.45, 2.75) is 26.0 Å². The molecule has 0 saturated heterocycles. The lowest BCUT2D eigenvalue weighted by Crippen LogP contribution is -2.33. The molecule has 1 aromatic carbocycles. The standard InChI is InChI=1S/C12H18N2O3/c1-3-11(12(14)15)17-10-5-8(7-13)4-9(6-10)16-2/h4-6,11H,3,7,13H2,1-2H3,(H2,14,15). The van der Waals surface area contributed by atoms with Crippen molar-refractivity contribution in [2.24, 2.45) is 11.5 Å². The van der Waals surface area contributed by atoms with Crippen LogP contribution in [0, 0.1) is 0 Å². The molecule has 0 radical (unpaired) electrons. The highest BCUT2D eigenvalue weighted by Crippen LogP contribution is 2.23. The van der Waals surface area contributed by atoms with Gasteiger partial charge in [-0.15, -0.1) is 0 Å². The summed E-state index contributed by atoms with van der Waals surface area (Å²) in [5, 5.41) is 0. The number of primary amides is 1. The average Bonchev–Trinajstić information content (AvgIpc) is 2.34. The minimum Gasteiger partial charge on any atom is -0.497 e. The molecule has 0 aromatic heterocycles. The average molecular weight is 238 g/mol. The van der Waals surface area contributed by atoms with Crippen molar-refractivity contribution in [1.29, 1.82) is 0 Å². The maximum absolute atomic E-state index is 11.1. The number of hydrogen-bond acceptors (Lipinski definition) is 4. The summed E-state index contributed by atoms with van der Waals surface area (Å²) in [4.78, 5) is 11.1. The van der Waals surface area contributed by atoms with Gasteiger partial charge < -0.3 is 20.9 Å².